The van der Waals surface area contributed by atoms with Crippen LogP contribution in [-0.2, 0) is 16.1 Å². The van der Waals surface area contributed by atoms with Gasteiger partial charge in [-0.25, -0.2) is 14.6 Å². The van der Waals surface area contributed by atoms with E-state index in [0.29, 0.717) is 17.3 Å². The zero-order valence-corrected chi connectivity index (χ0v) is 13.3. The minimum absolute atomic E-state index is 0.191. The van der Waals surface area contributed by atoms with Crippen molar-refractivity contribution in [2.24, 2.45) is 0 Å². The van der Waals surface area contributed by atoms with Gasteiger partial charge in [0.15, 0.2) is 0 Å². The Balaban J connectivity index is 1.49. The third-order valence-corrected chi connectivity index (χ3v) is 3.81. The van der Waals surface area contributed by atoms with Crippen molar-refractivity contribution in [3.05, 3.63) is 59.3 Å². The summed E-state index contributed by atoms with van der Waals surface area (Å²) in [6.07, 6.45) is 3.26. The molecule has 0 aliphatic heterocycles. The number of anilines is 1. The highest BCUT2D eigenvalue weighted by molar-refractivity contribution is 5.89. The van der Waals surface area contributed by atoms with E-state index in [4.69, 9.17) is 4.74 Å². The van der Waals surface area contributed by atoms with Gasteiger partial charge < -0.3 is 9.47 Å². The Morgan fingerprint density at radius 2 is 1.92 bits per heavy atom. The molecule has 1 fully saturated rings. The molecule has 1 aliphatic rings. The van der Waals surface area contributed by atoms with Crippen LogP contribution in [0.25, 0.3) is 0 Å². The molecular weight excluding hydrogens is 308 g/mol. The molecule has 2 aromatic rings. The smallest absolute Gasteiger partial charge is 0.413 e. The van der Waals surface area contributed by atoms with E-state index >= 15 is 0 Å². The fourth-order valence-corrected chi connectivity index (χ4v) is 2.30. The van der Waals surface area contributed by atoms with Gasteiger partial charge in [0.2, 0.25) is 0 Å². The first kappa shape index (κ1) is 16.0. The molecule has 0 unspecified atom stereocenters. The molecule has 0 radical (unpaired) electrons. The molecule has 0 atom stereocenters. The first-order chi connectivity index (χ1) is 11.7. The summed E-state index contributed by atoms with van der Waals surface area (Å²) < 4.78 is 9.75. The van der Waals surface area contributed by atoms with Crippen LogP contribution in [0.5, 0.6) is 0 Å². The highest BCUT2D eigenvalue weighted by Gasteiger charge is 2.22. The first-order valence-electron chi connectivity index (χ1n) is 7.72. The number of hydrogen-bond acceptors (Lipinski definition) is 5. The third kappa shape index (κ3) is 4.10. The number of methoxy groups -OCH3 is 1. The average Bonchev–Trinajstić information content (AvgIpc) is 3.45. The molecule has 1 saturated carbocycles. The fourth-order valence-electron chi connectivity index (χ4n) is 2.30. The minimum Gasteiger partial charge on any atom is -0.465 e. The maximum atomic E-state index is 11.8. The molecule has 6 heteroatoms. The van der Waals surface area contributed by atoms with Crippen molar-refractivity contribution in [3.8, 4) is 0 Å². The summed E-state index contributed by atoms with van der Waals surface area (Å²) in [6, 6.07) is 11.2. The molecule has 124 valence electrons. The van der Waals surface area contributed by atoms with Crippen molar-refractivity contribution in [1.82, 2.24) is 4.98 Å². The van der Waals surface area contributed by atoms with Gasteiger partial charge in [-0.1, -0.05) is 24.3 Å². The normalized spacial score (nSPS) is 13.2. The number of nitrogens with zero attached hydrogens (tertiary/aromatic N) is 1. The van der Waals surface area contributed by atoms with Crippen LogP contribution < -0.4 is 5.32 Å². The topological polar surface area (TPSA) is 77.5 Å². The summed E-state index contributed by atoms with van der Waals surface area (Å²) in [4.78, 5) is 27.1. The Bertz CT molecular complexity index is 722. The van der Waals surface area contributed by atoms with Crippen LogP contribution in [-0.4, -0.2) is 24.2 Å². The number of carbonyl (C=O) groups is 2. The van der Waals surface area contributed by atoms with Gasteiger partial charge in [-0.15, -0.1) is 0 Å². The summed E-state index contributed by atoms with van der Waals surface area (Å²) in [5.41, 5.74) is 2.59. The molecule has 1 aliphatic carbocycles. The molecule has 1 N–H and O–H groups in total. The Hall–Kier alpha value is -2.89. The van der Waals surface area contributed by atoms with Crippen molar-refractivity contribution >= 4 is 17.9 Å². The van der Waals surface area contributed by atoms with Crippen LogP contribution in [0, 0.1) is 0 Å². The molecule has 24 heavy (non-hydrogen) atoms. The van der Waals surface area contributed by atoms with Crippen molar-refractivity contribution in [2.75, 3.05) is 12.4 Å². The highest BCUT2D eigenvalue weighted by Crippen LogP contribution is 2.39. The maximum Gasteiger partial charge on any atom is 0.413 e. The largest absolute Gasteiger partial charge is 0.465 e. The fraction of sp³-hybridized carbons (Fsp3) is 0.278. The predicted molar refractivity (Wildman–Crippen MR) is 87.8 cm³/mol. The van der Waals surface area contributed by atoms with Gasteiger partial charge in [0.05, 0.1) is 12.7 Å². The number of benzene rings is 1. The molecule has 1 aromatic heterocycles. The molecule has 1 amide bonds. The lowest BCUT2D eigenvalue weighted by molar-refractivity contribution is 0.0600. The Morgan fingerprint density at radius 1 is 1.17 bits per heavy atom. The van der Waals surface area contributed by atoms with Crippen LogP contribution in [0.4, 0.5) is 10.6 Å². The minimum atomic E-state index is -0.598. The van der Waals surface area contributed by atoms with E-state index in [1.165, 1.54) is 43.8 Å². The Morgan fingerprint density at radius 3 is 2.50 bits per heavy atom. The zero-order valence-electron chi connectivity index (χ0n) is 13.3. The lowest BCUT2D eigenvalue weighted by atomic mass is 10.1. The lowest BCUT2D eigenvalue weighted by Crippen LogP contribution is -2.14. The number of ether oxygens (including phenoxy) is 2. The van der Waals surface area contributed by atoms with Crippen LogP contribution in [0.3, 0.4) is 0 Å². The summed E-state index contributed by atoms with van der Waals surface area (Å²) in [5.74, 6) is 0.533. The molecule has 0 spiro atoms. The predicted octanol–water partition coefficient (Wildman–Crippen LogP) is 3.49. The van der Waals surface area contributed by atoms with E-state index in [1.54, 1.807) is 0 Å². The second-order valence-corrected chi connectivity index (χ2v) is 5.64. The number of pyridine rings is 1. The number of hydrogen-bond donors (Lipinski definition) is 1. The van der Waals surface area contributed by atoms with Gasteiger partial charge in [0, 0.05) is 6.20 Å². The quantitative estimate of drug-likeness (QED) is 0.851. The number of nitrogens with one attached hydrogen (secondary N) is 1. The summed E-state index contributed by atoms with van der Waals surface area (Å²) in [7, 11) is 1.29. The molecule has 3 rings (SSSR count). The van der Waals surface area contributed by atoms with Gasteiger partial charge in [0.1, 0.15) is 12.4 Å². The third-order valence-electron chi connectivity index (χ3n) is 3.81. The molecular formula is C18H18N2O4. The van der Waals surface area contributed by atoms with E-state index in [-0.39, 0.29) is 6.61 Å². The Labute approximate surface area is 139 Å². The molecule has 6 nitrogen and oxygen atoms in total. The summed E-state index contributed by atoms with van der Waals surface area (Å²) >= 11 is 0. The average molecular weight is 326 g/mol. The van der Waals surface area contributed by atoms with Crippen LogP contribution in [0.15, 0.2) is 42.6 Å². The van der Waals surface area contributed by atoms with Gasteiger partial charge in [-0.05, 0) is 42.0 Å². The van der Waals surface area contributed by atoms with E-state index in [9.17, 15) is 9.59 Å². The number of carbonyl (C=O) groups excluding carboxylic acids is 2. The molecule has 1 heterocycles. The van der Waals surface area contributed by atoms with Crippen LogP contribution >= 0.6 is 0 Å². The monoisotopic (exact) mass is 326 g/mol. The highest BCUT2D eigenvalue weighted by atomic mass is 16.5. The number of rotatable bonds is 5. The molecule has 0 saturated heterocycles. The molecule has 1 aromatic carbocycles. The lowest BCUT2D eigenvalue weighted by Gasteiger charge is -2.07. The van der Waals surface area contributed by atoms with E-state index < -0.39 is 12.1 Å². The van der Waals surface area contributed by atoms with Crippen molar-refractivity contribution < 1.29 is 19.1 Å². The van der Waals surface area contributed by atoms with Gasteiger partial charge in [0.25, 0.3) is 0 Å². The van der Waals surface area contributed by atoms with Gasteiger partial charge in [-0.2, -0.15) is 0 Å². The standard InChI is InChI=1S/C18H18N2O4/c1-23-17(21)15-8-9-16(19-10-15)20-18(22)24-11-12-2-4-13(5-3-12)14-6-7-14/h2-5,8-10,14H,6-7,11H2,1H3,(H,19,20,22). The summed E-state index contributed by atoms with van der Waals surface area (Å²) in [5, 5.41) is 2.51. The number of esters is 1. The van der Waals surface area contributed by atoms with Gasteiger partial charge >= 0.3 is 12.1 Å². The van der Waals surface area contributed by atoms with E-state index in [2.05, 4.69) is 27.2 Å². The first-order valence-corrected chi connectivity index (χ1v) is 7.72. The maximum absolute atomic E-state index is 11.8. The molecule has 0 bridgehead atoms. The van der Waals surface area contributed by atoms with Crippen molar-refractivity contribution in [3.63, 3.8) is 0 Å². The van der Waals surface area contributed by atoms with Crippen molar-refractivity contribution in [2.45, 2.75) is 25.4 Å². The second-order valence-electron chi connectivity index (χ2n) is 5.64. The van der Waals surface area contributed by atoms with Crippen LogP contribution in [0.2, 0.25) is 0 Å². The Kier molecular flexibility index (Phi) is 4.74. The number of aromatic nitrogens is 1. The van der Waals surface area contributed by atoms with E-state index in [0.717, 1.165) is 5.56 Å². The van der Waals surface area contributed by atoms with Crippen molar-refractivity contribution in [1.29, 1.82) is 0 Å². The number of amides is 1. The summed E-state index contributed by atoms with van der Waals surface area (Å²) in [6.45, 7) is 0.191. The van der Waals surface area contributed by atoms with Crippen LogP contribution in [0.1, 0.15) is 40.2 Å². The van der Waals surface area contributed by atoms with Gasteiger partial charge in [-0.3, -0.25) is 5.32 Å². The SMILES string of the molecule is COC(=O)c1ccc(NC(=O)OCc2ccc(C3CC3)cc2)nc1. The van der Waals surface area contributed by atoms with E-state index in [1.807, 2.05) is 12.1 Å². The zero-order chi connectivity index (χ0) is 16.9. The second kappa shape index (κ2) is 7.12.